The third-order valence-electron chi connectivity index (χ3n) is 13.4. The first-order chi connectivity index (χ1) is 32.8. The molecular weight excluding hydrogens is 855 g/mol. The molecule has 0 saturated heterocycles. The van der Waals surface area contributed by atoms with Gasteiger partial charge in [0, 0.05) is 44.2 Å². The predicted molar refractivity (Wildman–Crippen MR) is 259 cm³/mol. The van der Waals surface area contributed by atoms with E-state index in [1.54, 1.807) is 17.0 Å². The van der Waals surface area contributed by atoms with Crippen molar-refractivity contribution in [3.63, 3.8) is 0 Å². The van der Waals surface area contributed by atoms with Gasteiger partial charge in [-0.2, -0.15) is 0 Å². The second kappa shape index (κ2) is 29.4. The smallest absolute Gasteiger partial charge is 0.412 e. The number of hydrogen-bond donors (Lipinski definition) is 4. The Kier molecular flexibility index (Phi) is 23.5. The molecule has 6 atom stereocenters. The quantitative estimate of drug-likeness (QED) is 0.0312. The van der Waals surface area contributed by atoms with Crippen LogP contribution in [0.4, 0.5) is 9.59 Å². The number of carbonyl (C=O) groups excluding carboxylic acids is 2. The van der Waals surface area contributed by atoms with E-state index in [1.165, 1.54) is 45.6 Å². The van der Waals surface area contributed by atoms with Crippen LogP contribution in [0.5, 0.6) is 11.5 Å². The van der Waals surface area contributed by atoms with E-state index >= 15 is 0 Å². The Morgan fingerprint density at radius 3 is 2.28 bits per heavy atom. The minimum atomic E-state index is -1.50. The van der Waals surface area contributed by atoms with Gasteiger partial charge in [-0.05, 0) is 73.3 Å². The Morgan fingerprint density at radius 2 is 1.60 bits per heavy atom. The summed E-state index contributed by atoms with van der Waals surface area (Å²) in [6.45, 7) is 7.20. The zero-order chi connectivity index (χ0) is 47.7. The molecule has 372 valence electrons. The average Bonchev–Trinajstić information content (AvgIpc) is 3.34. The van der Waals surface area contributed by atoms with E-state index < -0.39 is 29.9 Å². The molecule has 1 saturated carbocycles. The zero-order valence-electron chi connectivity index (χ0n) is 40.3. The highest BCUT2D eigenvalue weighted by molar-refractivity contribution is 6.03. The SMILES string of the molecule is C=CCOC12Oc3ccc(OC(=O)NCc4ccccc4)cc3C3C(CCCCO)C(CCCCO)C=C(C(=NOC)CC1N(CCOCCO)C(=O)OCCCCCCCCCCCC)C32. The molecule has 1 aliphatic heterocycles. The number of oxime groups is 1. The number of aliphatic hydroxyl groups excluding tert-OH is 3. The molecule has 14 heteroatoms. The van der Waals surface area contributed by atoms with Gasteiger partial charge in [0.2, 0.25) is 5.79 Å². The van der Waals surface area contributed by atoms with Crippen LogP contribution in [-0.2, 0) is 25.6 Å². The first-order valence-corrected chi connectivity index (χ1v) is 25.1. The van der Waals surface area contributed by atoms with Crippen molar-refractivity contribution >= 4 is 17.9 Å². The Morgan fingerprint density at radius 1 is 0.881 bits per heavy atom. The van der Waals surface area contributed by atoms with Crippen LogP contribution in [0.25, 0.3) is 0 Å². The Labute approximate surface area is 399 Å². The molecule has 14 nitrogen and oxygen atoms in total. The number of amides is 2. The van der Waals surface area contributed by atoms with E-state index in [4.69, 9.17) is 28.5 Å². The number of carbonyl (C=O) groups is 2. The van der Waals surface area contributed by atoms with Crippen molar-refractivity contribution in [1.29, 1.82) is 0 Å². The molecular formula is C53H79N3O11. The number of unbranched alkanes of at least 4 members (excludes halogenated alkanes) is 11. The van der Waals surface area contributed by atoms with Gasteiger partial charge in [-0.15, -0.1) is 6.58 Å². The fourth-order valence-corrected chi connectivity index (χ4v) is 10.3. The monoisotopic (exact) mass is 934 g/mol. The minimum absolute atomic E-state index is 0.0240. The maximum Gasteiger partial charge on any atom is 0.412 e. The van der Waals surface area contributed by atoms with Gasteiger partial charge in [0.1, 0.15) is 24.7 Å². The van der Waals surface area contributed by atoms with Crippen LogP contribution in [0.2, 0.25) is 0 Å². The van der Waals surface area contributed by atoms with Crippen LogP contribution in [0, 0.1) is 17.8 Å². The molecule has 2 amide bonds. The fraction of sp³-hybridized carbons (Fsp3) is 0.642. The highest BCUT2D eigenvalue weighted by Gasteiger charge is 2.65. The van der Waals surface area contributed by atoms with Gasteiger partial charge in [0.05, 0.1) is 44.7 Å². The number of nitrogens with zero attached hydrogens (tertiary/aromatic N) is 2. The third kappa shape index (κ3) is 15.3. The number of nitrogens with one attached hydrogen (secondary N) is 1. The van der Waals surface area contributed by atoms with E-state index in [0.29, 0.717) is 36.6 Å². The molecule has 3 aliphatic rings. The molecule has 0 bridgehead atoms. The molecule has 2 aromatic rings. The molecule has 1 heterocycles. The lowest BCUT2D eigenvalue weighted by Gasteiger charge is -2.59. The van der Waals surface area contributed by atoms with Crippen LogP contribution < -0.4 is 14.8 Å². The van der Waals surface area contributed by atoms with Crippen LogP contribution in [0.15, 0.2) is 78.0 Å². The first kappa shape index (κ1) is 53.5. The highest BCUT2D eigenvalue weighted by Crippen LogP contribution is 2.62. The molecule has 2 aliphatic carbocycles. The summed E-state index contributed by atoms with van der Waals surface area (Å²) in [5, 5.41) is 36.9. The van der Waals surface area contributed by atoms with Crippen molar-refractivity contribution in [2.75, 3.05) is 59.9 Å². The number of fused-ring (bicyclic) bond motifs is 2. The van der Waals surface area contributed by atoms with E-state index in [-0.39, 0.29) is 77.0 Å². The van der Waals surface area contributed by atoms with Gasteiger partial charge in [-0.3, -0.25) is 4.90 Å². The molecule has 1 fully saturated rings. The van der Waals surface area contributed by atoms with E-state index in [2.05, 4.69) is 30.1 Å². The second-order valence-corrected chi connectivity index (χ2v) is 18.0. The maximum atomic E-state index is 14.6. The topological polar surface area (TPSA) is 178 Å². The van der Waals surface area contributed by atoms with Crippen LogP contribution in [0.3, 0.4) is 0 Å². The Balaban J connectivity index is 1.55. The van der Waals surface area contributed by atoms with Crippen LogP contribution in [0.1, 0.15) is 133 Å². The summed E-state index contributed by atoms with van der Waals surface area (Å²) in [4.78, 5) is 35.1. The number of allylic oxidation sites excluding steroid dienone is 1. The summed E-state index contributed by atoms with van der Waals surface area (Å²) in [5.41, 5.74) is 3.28. The van der Waals surface area contributed by atoms with Gasteiger partial charge in [0.15, 0.2) is 0 Å². The van der Waals surface area contributed by atoms with Crippen molar-refractivity contribution in [1.82, 2.24) is 10.2 Å². The second-order valence-electron chi connectivity index (χ2n) is 18.0. The average molecular weight is 934 g/mol. The lowest BCUT2D eigenvalue weighted by atomic mass is 9.55. The third-order valence-corrected chi connectivity index (χ3v) is 13.4. The molecule has 4 N–H and O–H groups in total. The Hall–Kier alpha value is -4.47. The molecule has 6 unspecified atom stereocenters. The first-order valence-electron chi connectivity index (χ1n) is 25.1. The fourth-order valence-electron chi connectivity index (χ4n) is 10.3. The van der Waals surface area contributed by atoms with Gasteiger partial charge >= 0.3 is 12.2 Å². The van der Waals surface area contributed by atoms with Crippen molar-refractivity contribution < 1.29 is 53.4 Å². The van der Waals surface area contributed by atoms with Gasteiger partial charge in [-0.1, -0.05) is 125 Å². The summed E-state index contributed by atoms with van der Waals surface area (Å²) in [7, 11) is 1.51. The van der Waals surface area contributed by atoms with E-state index in [9.17, 15) is 24.9 Å². The molecule has 2 aromatic carbocycles. The van der Waals surface area contributed by atoms with E-state index in [0.717, 1.165) is 68.1 Å². The standard InChI is InChI=1S/C53H79N3O11/c1-4-6-7-8-9-10-11-12-13-21-33-64-52(61)56(28-34-63-35-31-59)48-38-46(55-62-3)44-36-41(24-17-19-29-57)43(25-18-20-30-58)49-45-37-42(66-51(60)54-39-40-22-15-14-16-23-40)26-27-47(45)67-53(48,50(44)49)65-32-5-2/h5,14-16,22-23,26-27,36-37,41,43,48-50,57-59H,2,4,6-13,17-21,24-25,28-35,38-39H2,1,3H3,(H,54,60). The zero-order valence-corrected chi connectivity index (χ0v) is 40.3. The summed E-state index contributed by atoms with van der Waals surface area (Å²) >= 11 is 0. The lowest BCUT2D eigenvalue weighted by molar-refractivity contribution is -0.256. The van der Waals surface area contributed by atoms with Crippen molar-refractivity contribution in [3.05, 3.63) is 84.0 Å². The molecule has 67 heavy (non-hydrogen) atoms. The van der Waals surface area contributed by atoms with Gasteiger partial charge in [-0.25, -0.2) is 9.59 Å². The molecule has 0 aromatic heterocycles. The van der Waals surface area contributed by atoms with Gasteiger partial charge in [0.25, 0.3) is 0 Å². The molecule has 0 radical (unpaired) electrons. The summed E-state index contributed by atoms with van der Waals surface area (Å²) in [6.07, 6.45) is 18.9. The van der Waals surface area contributed by atoms with Crippen LogP contribution >= 0.6 is 0 Å². The number of rotatable bonds is 32. The number of ether oxygens (including phenoxy) is 5. The highest BCUT2D eigenvalue weighted by atomic mass is 16.7. The largest absolute Gasteiger partial charge is 0.459 e. The number of hydrogen-bond acceptors (Lipinski definition) is 12. The summed E-state index contributed by atoms with van der Waals surface area (Å²) < 4.78 is 32.1. The maximum absolute atomic E-state index is 14.6. The number of benzene rings is 2. The summed E-state index contributed by atoms with van der Waals surface area (Å²) in [5.74, 6) is -1.51. The Bertz CT molecular complexity index is 1840. The normalized spacial score (nSPS) is 22.2. The van der Waals surface area contributed by atoms with E-state index in [1.807, 2.05) is 42.5 Å². The van der Waals surface area contributed by atoms with Crippen LogP contribution in [-0.4, -0.2) is 110 Å². The van der Waals surface area contributed by atoms with Crippen molar-refractivity contribution in [2.24, 2.45) is 22.9 Å². The number of aliphatic hydroxyl groups is 3. The van der Waals surface area contributed by atoms with Crippen molar-refractivity contribution in [2.45, 2.75) is 140 Å². The van der Waals surface area contributed by atoms with Gasteiger partial charge < -0.3 is 49.2 Å². The van der Waals surface area contributed by atoms with Crippen molar-refractivity contribution in [3.8, 4) is 11.5 Å². The molecule has 0 spiro atoms. The minimum Gasteiger partial charge on any atom is -0.459 e. The molecule has 5 rings (SSSR count). The predicted octanol–water partition coefficient (Wildman–Crippen LogP) is 9.61. The summed E-state index contributed by atoms with van der Waals surface area (Å²) in [6, 6.07) is 14.2. The lowest BCUT2D eigenvalue weighted by Crippen LogP contribution is -2.70.